The SMILES string of the molecule is O=c1[nH]nc(S(=O)(=O)Nc2ccccn2)c(=O)[nH]1. The summed E-state index contributed by atoms with van der Waals surface area (Å²) < 4.78 is 25.6. The first-order chi connectivity index (χ1) is 8.49. The quantitative estimate of drug-likeness (QED) is 0.630. The fourth-order valence-corrected chi connectivity index (χ4v) is 2.08. The summed E-state index contributed by atoms with van der Waals surface area (Å²) in [5, 5.41) is 4.18. The Balaban J connectivity index is 2.43. The van der Waals surface area contributed by atoms with Gasteiger partial charge in [-0.05, 0) is 12.1 Å². The van der Waals surface area contributed by atoms with Crippen molar-refractivity contribution in [3.8, 4) is 0 Å². The molecule has 0 radical (unpaired) electrons. The number of rotatable bonds is 3. The van der Waals surface area contributed by atoms with E-state index in [9.17, 15) is 18.0 Å². The molecule has 2 aromatic heterocycles. The molecule has 18 heavy (non-hydrogen) atoms. The minimum Gasteiger partial charge on any atom is -0.270 e. The number of anilines is 1. The average Bonchev–Trinajstić information content (AvgIpc) is 2.29. The molecule has 0 atom stereocenters. The first-order valence-corrected chi connectivity index (χ1v) is 6.10. The van der Waals surface area contributed by atoms with E-state index < -0.39 is 26.3 Å². The number of sulfonamides is 1. The Morgan fingerprint density at radius 2 is 2.00 bits per heavy atom. The van der Waals surface area contributed by atoms with Gasteiger partial charge >= 0.3 is 5.69 Å². The Hall–Kier alpha value is -2.49. The molecule has 0 saturated heterocycles. The minimum atomic E-state index is -4.20. The smallest absolute Gasteiger partial charge is 0.270 e. The van der Waals surface area contributed by atoms with Gasteiger partial charge in [0.25, 0.3) is 20.6 Å². The van der Waals surface area contributed by atoms with Crippen LogP contribution in [-0.2, 0) is 10.0 Å². The summed E-state index contributed by atoms with van der Waals surface area (Å²) >= 11 is 0. The minimum absolute atomic E-state index is 0.0323. The molecule has 94 valence electrons. The monoisotopic (exact) mass is 269 g/mol. The van der Waals surface area contributed by atoms with Gasteiger partial charge in [0.15, 0.2) is 0 Å². The Labute approximate surface area is 100.0 Å². The van der Waals surface area contributed by atoms with Crippen LogP contribution in [0, 0.1) is 0 Å². The molecule has 0 spiro atoms. The molecule has 2 heterocycles. The number of nitrogens with one attached hydrogen (secondary N) is 3. The number of hydrogen-bond acceptors (Lipinski definition) is 6. The van der Waals surface area contributed by atoms with Crippen molar-refractivity contribution in [3.63, 3.8) is 0 Å². The lowest BCUT2D eigenvalue weighted by Gasteiger charge is -2.04. The highest BCUT2D eigenvalue weighted by Crippen LogP contribution is 2.06. The van der Waals surface area contributed by atoms with Crippen LogP contribution in [0.5, 0.6) is 0 Å². The molecule has 2 aromatic rings. The molecule has 10 heteroatoms. The van der Waals surface area contributed by atoms with E-state index in [0.717, 1.165) is 0 Å². The standard InChI is InChI=1S/C8H7N5O4S/c14-6-7(11-12-8(15)10-6)18(16,17)13-5-3-1-2-4-9-5/h1-4H,(H,9,13)(H2,10,12,14,15). The largest absolute Gasteiger partial charge is 0.342 e. The van der Waals surface area contributed by atoms with Gasteiger partial charge in [0.1, 0.15) is 5.82 Å². The number of H-pyrrole nitrogens is 2. The van der Waals surface area contributed by atoms with Crippen molar-refractivity contribution in [1.82, 2.24) is 20.2 Å². The van der Waals surface area contributed by atoms with Crippen molar-refractivity contribution in [3.05, 3.63) is 45.2 Å². The van der Waals surface area contributed by atoms with E-state index >= 15 is 0 Å². The maximum absolute atomic E-state index is 11.8. The van der Waals surface area contributed by atoms with Gasteiger partial charge in [-0.25, -0.2) is 14.9 Å². The van der Waals surface area contributed by atoms with Crippen LogP contribution in [0.25, 0.3) is 0 Å². The lowest BCUT2D eigenvalue weighted by atomic mass is 10.5. The van der Waals surface area contributed by atoms with Crippen molar-refractivity contribution in [1.29, 1.82) is 0 Å². The second kappa shape index (κ2) is 4.41. The number of hydrogen-bond donors (Lipinski definition) is 3. The molecule has 0 unspecified atom stereocenters. The third-order valence-corrected chi connectivity index (χ3v) is 3.10. The first-order valence-electron chi connectivity index (χ1n) is 4.62. The average molecular weight is 269 g/mol. The fourth-order valence-electron chi connectivity index (χ4n) is 1.13. The Morgan fingerprint density at radius 1 is 1.22 bits per heavy atom. The second-order valence-electron chi connectivity index (χ2n) is 3.13. The number of aromatic amines is 2. The number of nitrogens with zero attached hydrogens (tertiary/aromatic N) is 2. The van der Waals surface area contributed by atoms with Gasteiger partial charge in [0, 0.05) is 6.20 Å². The first kappa shape index (κ1) is 12.0. The predicted molar refractivity (Wildman–Crippen MR) is 60.5 cm³/mol. The number of pyridine rings is 1. The zero-order valence-corrected chi connectivity index (χ0v) is 9.56. The molecule has 0 aliphatic carbocycles. The molecular weight excluding hydrogens is 262 g/mol. The van der Waals surface area contributed by atoms with Gasteiger partial charge in [-0.2, -0.15) is 13.5 Å². The van der Waals surface area contributed by atoms with Crippen molar-refractivity contribution < 1.29 is 8.42 Å². The van der Waals surface area contributed by atoms with Crippen LogP contribution in [0.1, 0.15) is 0 Å². The summed E-state index contributed by atoms with van der Waals surface area (Å²) in [4.78, 5) is 27.5. The fraction of sp³-hybridized carbons (Fsp3) is 0. The molecule has 0 saturated carbocycles. The van der Waals surface area contributed by atoms with Crippen molar-refractivity contribution in [2.45, 2.75) is 5.03 Å². The van der Waals surface area contributed by atoms with Crippen LogP contribution in [0.4, 0.5) is 5.82 Å². The lowest BCUT2D eigenvalue weighted by molar-refractivity contribution is 0.591. The summed E-state index contributed by atoms with van der Waals surface area (Å²) in [6.45, 7) is 0. The van der Waals surface area contributed by atoms with Crippen LogP contribution >= 0.6 is 0 Å². The highest BCUT2D eigenvalue weighted by molar-refractivity contribution is 7.92. The molecule has 0 amide bonds. The Morgan fingerprint density at radius 3 is 2.61 bits per heavy atom. The summed E-state index contributed by atoms with van der Waals surface area (Å²) in [6, 6.07) is 4.57. The maximum Gasteiger partial charge on any atom is 0.342 e. The lowest BCUT2D eigenvalue weighted by Crippen LogP contribution is -2.31. The van der Waals surface area contributed by atoms with E-state index in [1.165, 1.54) is 12.3 Å². The second-order valence-corrected chi connectivity index (χ2v) is 4.73. The van der Waals surface area contributed by atoms with Gasteiger partial charge in [0.2, 0.25) is 0 Å². The normalized spacial score (nSPS) is 11.1. The van der Waals surface area contributed by atoms with Gasteiger partial charge in [0.05, 0.1) is 0 Å². The number of aromatic nitrogens is 4. The van der Waals surface area contributed by atoms with Crippen molar-refractivity contribution in [2.75, 3.05) is 4.72 Å². The van der Waals surface area contributed by atoms with Crippen LogP contribution in [0.2, 0.25) is 0 Å². The third kappa shape index (κ3) is 2.43. The zero-order chi connectivity index (χ0) is 13.2. The van der Waals surface area contributed by atoms with E-state index in [1.807, 2.05) is 5.10 Å². The molecular formula is C8H7N5O4S. The van der Waals surface area contributed by atoms with E-state index in [1.54, 1.807) is 17.1 Å². The van der Waals surface area contributed by atoms with Crippen LogP contribution in [-0.4, -0.2) is 28.6 Å². The molecule has 0 aliphatic rings. The van der Waals surface area contributed by atoms with Crippen LogP contribution in [0.3, 0.4) is 0 Å². The highest BCUT2D eigenvalue weighted by Gasteiger charge is 2.21. The molecule has 0 aliphatic heterocycles. The maximum atomic E-state index is 11.8. The summed E-state index contributed by atoms with van der Waals surface area (Å²) in [5.41, 5.74) is -2.00. The molecule has 2 rings (SSSR count). The summed E-state index contributed by atoms with van der Waals surface area (Å²) in [5.74, 6) is 0.0323. The molecule has 9 nitrogen and oxygen atoms in total. The Kier molecular flexibility index (Phi) is 2.93. The van der Waals surface area contributed by atoms with Gasteiger partial charge in [-0.1, -0.05) is 6.07 Å². The van der Waals surface area contributed by atoms with Gasteiger partial charge < -0.3 is 0 Å². The molecule has 0 aromatic carbocycles. The van der Waals surface area contributed by atoms with Crippen LogP contribution in [0.15, 0.2) is 39.0 Å². The topological polar surface area (TPSA) is 138 Å². The summed E-state index contributed by atoms with van der Waals surface area (Å²) in [7, 11) is -4.20. The van der Waals surface area contributed by atoms with Crippen molar-refractivity contribution in [2.24, 2.45) is 0 Å². The molecule has 3 N–H and O–H groups in total. The van der Waals surface area contributed by atoms with Crippen LogP contribution < -0.4 is 16.0 Å². The van der Waals surface area contributed by atoms with E-state index in [2.05, 4.69) is 14.8 Å². The summed E-state index contributed by atoms with van der Waals surface area (Å²) in [6.07, 6.45) is 1.38. The Bertz CT molecular complexity index is 764. The van der Waals surface area contributed by atoms with Gasteiger partial charge in [-0.15, -0.1) is 0 Å². The third-order valence-electron chi connectivity index (χ3n) is 1.84. The van der Waals surface area contributed by atoms with E-state index in [-0.39, 0.29) is 5.82 Å². The van der Waals surface area contributed by atoms with Gasteiger partial charge in [-0.3, -0.25) is 14.5 Å². The molecule has 0 bridgehead atoms. The van der Waals surface area contributed by atoms with E-state index in [0.29, 0.717) is 0 Å². The predicted octanol–water partition coefficient (Wildman–Crippen LogP) is -1.35. The van der Waals surface area contributed by atoms with Crippen molar-refractivity contribution >= 4 is 15.8 Å². The highest BCUT2D eigenvalue weighted by atomic mass is 32.2. The molecule has 0 fully saturated rings. The zero-order valence-electron chi connectivity index (χ0n) is 8.75. The van der Waals surface area contributed by atoms with E-state index in [4.69, 9.17) is 0 Å².